The number of piperidine rings is 1. The van der Waals surface area contributed by atoms with Crippen LogP contribution in [0, 0.1) is 0 Å². The maximum absolute atomic E-state index is 12.7. The lowest BCUT2D eigenvalue weighted by Crippen LogP contribution is -2.54. The van der Waals surface area contributed by atoms with Crippen LogP contribution in [0.2, 0.25) is 0 Å². The summed E-state index contributed by atoms with van der Waals surface area (Å²) in [5.41, 5.74) is 0.126. The Balaban J connectivity index is 1.81. The van der Waals surface area contributed by atoms with Crippen molar-refractivity contribution in [1.82, 2.24) is 15.5 Å². The first-order valence-corrected chi connectivity index (χ1v) is 7.84. The molecule has 3 N–H and O–H groups in total. The maximum atomic E-state index is 12.7. The molecule has 0 spiro atoms. The smallest absolute Gasteiger partial charge is 0.404 e. The zero-order chi connectivity index (χ0) is 18.8. The largest absolute Gasteiger partial charge is 0.491 e. The highest BCUT2D eigenvalue weighted by molar-refractivity contribution is 6.24. The zero-order valence-corrected chi connectivity index (χ0v) is 13.5. The average Bonchev–Trinajstić information content (AvgIpc) is 2.84. The molecule has 1 unspecified atom stereocenters. The van der Waals surface area contributed by atoms with Crippen LogP contribution in [0.4, 0.5) is 4.79 Å². The number of ether oxygens (including phenoxy) is 1. The van der Waals surface area contributed by atoms with Gasteiger partial charge in [0.2, 0.25) is 11.8 Å². The van der Waals surface area contributed by atoms with Gasteiger partial charge in [0.15, 0.2) is 0 Å². The van der Waals surface area contributed by atoms with E-state index in [2.05, 4.69) is 10.6 Å². The highest BCUT2D eigenvalue weighted by Crippen LogP contribution is 2.33. The fourth-order valence-electron chi connectivity index (χ4n) is 2.92. The lowest BCUT2D eigenvalue weighted by atomic mass is 10.0. The predicted molar refractivity (Wildman–Crippen MR) is 84.6 cm³/mol. The molecular weight excluding hydrogens is 346 g/mol. The van der Waals surface area contributed by atoms with Crippen LogP contribution in [0.3, 0.4) is 0 Å². The topological polar surface area (TPSA) is 142 Å². The third kappa shape index (κ3) is 3.08. The van der Waals surface area contributed by atoms with Crippen LogP contribution in [-0.4, -0.2) is 58.9 Å². The van der Waals surface area contributed by atoms with Crippen LogP contribution in [0.25, 0.3) is 0 Å². The van der Waals surface area contributed by atoms with Crippen molar-refractivity contribution < 1.29 is 33.8 Å². The van der Waals surface area contributed by atoms with Crippen molar-refractivity contribution in [3.8, 4) is 5.75 Å². The predicted octanol–water partition coefficient (Wildman–Crippen LogP) is -0.266. The minimum absolute atomic E-state index is 0.00199. The summed E-state index contributed by atoms with van der Waals surface area (Å²) in [6, 6.07) is 3.40. The van der Waals surface area contributed by atoms with Crippen molar-refractivity contribution in [2.45, 2.75) is 18.9 Å². The van der Waals surface area contributed by atoms with Crippen molar-refractivity contribution in [2.75, 3.05) is 13.2 Å². The molecule has 5 amide bonds. The molecule has 1 aromatic carbocycles. The number of fused-ring (bicyclic) bond motifs is 1. The minimum atomic E-state index is -1.21. The van der Waals surface area contributed by atoms with Crippen LogP contribution in [0.15, 0.2) is 18.2 Å². The first kappa shape index (κ1) is 17.4. The molecule has 1 aromatic rings. The Hall–Kier alpha value is -3.43. The molecule has 10 heteroatoms. The van der Waals surface area contributed by atoms with Gasteiger partial charge in [-0.3, -0.25) is 29.4 Å². The van der Waals surface area contributed by atoms with E-state index in [9.17, 15) is 24.0 Å². The molecule has 10 nitrogen and oxygen atoms in total. The molecule has 136 valence electrons. The molecule has 0 aliphatic carbocycles. The number of imide groups is 2. The van der Waals surface area contributed by atoms with Crippen LogP contribution in [0.5, 0.6) is 5.75 Å². The quantitative estimate of drug-likeness (QED) is 0.484. The van der Waals surface area contributed by atoms with E-state index >= 15 is 0 Å². The van der Waals surface area contributed by atoms with E-state index in [0.717, 1.165) is 4.90 Å². The fraction of sp³-hybridized carbons (Fsp3) is 0.312. The summed E-state index contributed by atoms with van der Waals surface area (Å²) in [6.45, 7) is -0.0410. The summed E-state index contributed by atoms with van der Waals surface area (Å²) in [6.07, 6.45) is -1.11. The number of nitrogens with one attached hydrogen (secondary N) is 2. The van der Waals surface area contributed by atoms with Crippen LogP contribution < -0.4 is 15.4 Å². The van der Waals surface area contributed by atoms with Crippen LogP contribution in [0.1, 0.15) is 33.6 Å². The van der Waals surface area contributed by atoms with Gasteiger partial charge in [-0.05, 0) is 18.6 Å². The van der Waals surface area contributed by atoms with Crippen molar-refractivity contribution in [3.63, 3.8) is 0 Å². The average molecular weight is 361 g/mol. The van der Waals surface area contributed by atoms with Gasteiger partial charge >= 0.3 is 6.09 Å². The number of hydrogen-bond donors (Lipinski definition) is 3. The Morgan fingerprint density at radius 1 is 1.27 bits per heavy atom. The van der Waals surface area contributed by atoms with Gasteiger partial charge in [0.25, 0.3) is 11.8 Å². The summed E-state index contributed by atoms with van der Waals surface area (Å²) in [4.78, 5) is 59.9. The normalized spacial score (nSPS) is 19.2. The van der Waals surface area contributed by atoms with Gasteiger partial charge in [-0.1, -0.05) is 6.07 Å². The van der Waals surface area contributed by atoms with Gasteiger partial charge < -0.3 is 15.2 Å². The van der Waals surface area contributed by atoms with E-state index in [-0.39, 0.29) is 42.9 Å². The Morgan fingerprint density at radius 2 is 2.04 bits per heavy atom. The number of nitrogens with zero attached hydrogens (tertiary/aromatic N) is 1. The third-order valence-electron chi connectivity index (χ3n) is 4.07. The first-order valence-electron chi connectivity index (χ1n) is 7.84. The van der Waals surface area contributed by atoms with Crippen LogP contribution in [-0.2, 0) is 9.59 Å². The Bertz CT molecular complexity index is 820. The molecule has 1 saturated heterocycles. The van der Waals surface area contributed by atoms with Gasteiger partial charge in [0.1, 0.15) is 18.4 Å². The lowest BCUT2D eigenvalue weighted by molar-refractivity contribution is -0.136. The number of carbonyl (C=O) groups is 5. The molecule has 26 heavy (non-hydrogen) atoms. The van der Waals surface area contributed by atoms with E-state index in [1.54, 1.807) is 0 Å². The highest BCUT2D eigenvalue weighted by atomic mass is 16.5. The maximum Gasteiger partial charge on any atom is 0.404 e. The Labute approximate surface area is 147 Å². The molecular formula is C16H15N3O7. The number of benzene rings is 1. The first-order chi connectivity index (χ1) is 12.4. The zero-order valence-electron chi connectivity index (χ0n) is 13.5. The molecule has 1 fully saturated rings. The summed E-state index contributed by atoms with van der Waals surface area (Å²) in [5.74, 6) is -2.32. The monoisotopic (exact) mass is 361 g/mol. The van der Waals surface area contributed by atoms with Gasteiger partial charge in [-0.2, -0.15) is 0 Å². The fourth-order valence-corrected chi connectivity index (χ4v) is 2.92. The van der Waals surface area contributed by atoms with Gasteiger partial charge in [0.05, 0.1) is 17.7 Å². The molecule has 0 saturated carbocycles. The van der Waals surface area contributed by atoms with Crippen LogP contribution >= 0.6 is 0 Å². The van der Waals surface area contributed by atoms with E-state index < -0.39 is 35.8 Å². The molecule has 2 aliphatic rings. The number of amides is 5. The number of carboxylic acid groups (broad SMARTS) is 1. The Morgan fingerprint density at radius 3 is 2.73 bits per heavy atom. The van der Waals surface area contributed by atoms with Crippen molar-refractivity contribution in [1.29, 1.82) is 0 Å². The molecule has 3 rings (SSSR count). The second-order valence-corrected chi connectivity index (χ2v) is 5.71. The van der Waals surface area contributed by atoms with E-state index in [4.69, 9.17) is 9.84 Å². The second-order valence-electron chi connectivity index (χ2n) is 5.71. The highest BCUT2D eigenvalue weighted by Gasteiger charge is 2.45. The summed E-state index contributed by atoms with van der Waals surface area (Å²) >= 11 is 0. The molecule has 2 aliphatic heterocycles. The molecule has 0 radical (unpaired) electrons. The lowest BCUT2D eigenvalue weighted by Gasteiger charge is -2.27. The summed E-state index contributed by atoms with van der Waals surface area (Å²) in [7, 11) is 0. The van der Waals surface area contributed by atoms with Gasteiger partial charge in [0, 0.05) is 6.42 Å². The minimum Gasteiger partial charge on any atom is -0.491 e. The molecule has 1 atom stereocenters. The van der Waals surface area contributed by atoms with Crippen molar-refractivity contribution in [2.24, 2.45) is 0 Å². The summed E-state index contributed by atoms with van der Waals surface area (Å²) in [5, 5.41) is 12.8. The number of carbonyl (C=O) groups excluding carboxylic acids is 4. The van der Waals surface area contributed by atoms with E-state index in [1.165, 1.54) is 18.2 Å². The molecule has 2 heterocycles. The third-order valence-corrected chi connectivity index (χ3v) is 4.07. The molecule has 0 bridgehead atoms. The van der Waals surface area contributed by atoms with E-state index in [0.29, 0.717) is 0 Å². The van der Waals surface area contributed by atoms with Gasteiger partial charge in [-0.15, -0.1) is 0 Å². The number of rotatable bonds is 5. The van der Waals surface area contributed by atoms with Crippen molar-refractivity contribution >= 4 is 29.7 Å². The standard InChI is InChI=1S/C16H15N3O7/c20-11-5-4-9(13(21)18-11)19-14(22)8-2-1-3-10(12(8)15(19)23)26-7-6-17-16(24)25/h1-3,9,17H,4-7H2,(H,24,25)(H,18,20,21). The number of hydrogen-bond acceptors (Lipinski definition) is 6. The van der Waals surface area contributed by atoms with Crippen molar-refractivity contribution in [3.05, 3.63) is 29.3 Å². The van der Waals surface area contributed by atoms with E-state index in [1.807, 2.05) is 0 Å². The SMILES string of the molecule is O=C(O)NCCOc1cccc2c1C(=O)N(C1CCC(=O)NC1=O)C2=O. The molecule has 0 aromatic heterocycles. The van der Waals surface area contributed by atoms with Gasteiger partial charge in [-0.25, -0.2) is 4.79 Å². The second kappa shape index (κ2) is 6.82. The Kier molecular flexibility index (Phi) is 4.57. The summed E-state index contributed by atoms with van der Waals surface area (Å²) < 4.78 is 5.42.